The number of H-pyrrole nitrogens is 1. The van der Waals surface area contributed by atoms with Gasteiger partial charge >= 0.3 is 0 Å². The monoisotopic (exact) mass is 355 g/mol. The summed E-state index contributed by atoms with van der Waals surface area (Å²) in [6.45, 7) is 3.64. The summed E-state index contributed by atoms with van der Waals surface area (Å²) in [5.41, 5.74) is 1.51. The number of nitrogens with zero attached hydrogens (tertiary/aromatic N) is 1. The van der Waals surface area contributed by atoms with E-state index >= 15 is 0 Å². The van der Waals surface area contributed by atoms with Gasteiger partial charge in [-0.2, -0.15) is 0 Å². The normalized spacial score (nSPS) is 10.6. The van der Waals surface area contributed by atoms with E-state index in [4.69, 9.17) is 11.6 Å². The molecule has 0 atom stereocenters. The number of aromatic amines is 1. The van der Waals surface area contributed by atoms with Crippen molar-refractivity contribution in [2.45, 2.75) is 25.4 Å². The van der Waals surface area contributed by atoms with E-state index in [0.717, 1.165) is 11.8 Å². The van der Waals surface area contributed by atoms with Crippen LogP contribution in [0.4, 0.5) is 10.1 Å². The summed E-state index contributed by atoms with van der Waals surface area (Å²) in [6.07, 6.45) is 0.602. The zero-order valence-corrected chi connectivity index (χ0v) is 14.1. The number of benzene rings is 1. The van der Waals surface area contributed by atoms with Crippen LogP contribution in [0.15, 0.2) is 28.2 Å². The Morgan fingerprint density at radius 3 is 2.83 bits per heavy atom. The van der Waals surface area contributed by atoms with Gasteiger partial charge < -0.3 is 10.3 Å². The molecule has 0 bridgehead atoms. The maximum absolute atomic E-state index is 13.1. The topological polar surface area (TPSA) is 74.8 Å². The van der Waals surface area contributed by atoms with Crippen molar-refractivity contribution in [3.63, 3.8) is 0 Å². The van der Waals surface area contributed by atoms with E-state index in [0.29, 0.717) is 28.5 Å². The van der Waals surface area contributed by atoms with E-state index in [1.54, 1.807) is 6.92 Å². The molecule has 8 heteroatoms. The fourth-order valence-electron chi connectivity index (χ4n) is 1.97. The van der Waals surface area contributed by atoms with Crippen molar-refractivity contribution >= 4 is 35.0 Å². The number of thioether (sulfide) groups is 1. The largest absolute Gasteiger partial charge is 0.325 e. The molecule has 2 N–H and O–H groups in total. The maximum atomic E-state index is 13.1. The number of nitrogens with one attached hydrogen (secondary N) is 2. The standard InChI is InChI=1S/C15H15ClFN3O2S/c1-3-10-8(2)18-15(20-14(10)22)23-7-13(21)19-9-4-5-12(17)11(16)6-9/h4-6H,3,7H2,1-2H3,(H,19,21)(H,18,20,22). The smallest absolute Gasteiger partial charge is 0.254 e. The van der Waals surface area contributed by atoms with Gasteiger partial charge in [-0.15, -0.1) is 0 Å². The zero-order chi connectivity index (χ0) is 17.0. The number of anilines is 1. The summed E-state index contributed by atoms with van der Waals surface area (Å²) in [6, 6.07) is 3.93. The van der Waals surface area contributed by atoms with Gasteiger partial charge in [-0.1, -0.05) is 30.3 Å². The lowest BCUT2D eigenvalue weighted by atomic mass is 10.2. The van der Waals surface area contributed by atoms with Crippen molar-refractivity contribution in [1.29, 1.82) is 0 Å². The fourth-order valence-corrected chi connectivity index (χ4v) is 2.86. The number of halogens is 2. The SMILES string of the molecule is CCc1c(C)nc(SCC(=O)Nc2ccc(F)c(Cl)c2)[nH]c1=O. The first-order valence-electron chi connectivity index (χ1n) is 6.88. The van der Waals surface area contributed by atoms with Crippen LogP contribution in [0.1, 0.15) is 18.2 Å². The van der Waals surface area contributed by atoms with Crippen molar-refractivity contribution in [2.75, 3.05) is 11.1 Å². The van der Waals surface area contributed by atoms with Gasteiger partial charge in [0.25, 0.3) is 5.56 Å². The highest BCUT2D eigenvalue weighted by atomic mass is 35.5. The number of rotatable bonds is 5. The molecule has 0 aliphatic rings. The molecule has 0 fully saturated rings. The van der Waals surface area contributed by atoms with Crippen molar-refractivity contribution in [3.05, 3.63) is 50.7 Å². The molecule has 0 saturated carbocycles. The van der Waals surface area contributed by atoms with Crippen LogP contribution in [-0.2, 0) is 11.2 Å². The highest BCUT2D eigenvalue weighted by Crippen LogP contribution is 2.20. The lowest BCUT2D eigenvalue weighted by molar-refractivity contribution is -0.113. The molecule has 2 aromatic rings. The molecule has 1 aromatic carbocycles. The average molecular weight is 356 g/mol. The van der Waals surface area contributed by atoms with Crippen LogP contribution in [0.2, 0.25) is 5.02 Å². The molecule has 23 heavy (non-hydrogen) atoms. The molecule has 0 aliphatic heterocycles. The third-order valence-corrected chi connectivity index (χ3v) is 4.26. The first-order valence-corrected chi connectivity index (χ1v) is 8.24. The van der Waals surface area contributed by atoms with Crippen molar-refractivity contribution in [3.8, 4) is 0 Å². The van der Waals surface area contributed by atoms with Crippen molar-refractivity contribution in [2.24, 2.45) is 0 Å². The lowest BCUT2D eigenvalue weighted by Crippen LogP contribution is -2.18. The van der Waals surface area contributed by atoms with E-state index in [1.807, 2.05) is 6.92 Å². The lowest BCUT2D eigenvalue weighted by Gasteiger charge is -2.07. The summed E-state index contributed by atoms with van der Waals surface area (Å²) < 4.78 is 13.1. The Morgan fingerprint density at radius 1 is 1.48 bits per heavy atom. The molecule has 1 heterocycles. The predicted molar refractivity (Wildman–Crippen MR) is 89.7 cm³/mol. The Kier molecular flexibility index (Phi) is 5.79. The summed E-state index contributed by atoms with van der Waals surface area (Å²) in [5, 5.41) is 2.92. The Hall–Kier alpha value is -1.86. The number of amides is 1. The average Bonchev–Trinajstić information content (AvgIpc) is 2.49. The number of carbonyl (C=O) groups is 1. The molecule has 5 nitrogen and oxygen atoms in total. The second-order valence-electron chi connectivity index (χ2n) is 4.75. The Morgan fingerprint density at radius 2 is 2.22 bits per heavy atom. The second-order valence-corrected chi connectivity index (χ2v) is 6.13. The van der Waals surface area contributed by atoms with Gasteiger partial charge in [0, 0.05) is 16.9 Å². The van der Waals surface area contributed by atoms with Crippen LogP contribution < -0.4 is 10.9 Å². The van der Waals surface area contributed by atoms with Gasteiger partial charge in [0.1, 0.15) is 5.82 Å². The number of hydrogen-bond acceptors (Lipinski definition) is 4. The molecular formula is C15H15ClFN3O2S. The molecule has 122 valence electrons. The quantitative estimate of drug-likeness (QED) is 0.638. The van der Waals surface area contributed by atoms with E-state index in [2.05, 4.69) is 15.3 Å². The van der Waals surface area contributed by atoms with Crippen LogP contribution in [-0.4, -0.2) is 21.6 Å². The van der Waals surface area contributed by atoms with Crippen molar-refractivity contribution < 1.29 is 9.18 Å². The van der Waals surface area contributed by atoms with Gasteiger partial charge in [-0.05, 0) is 31.5 Å². The molecule has 1 amide bonds. The van der Waals surface area contributed by atoms with Gasteiger partial charge in [0.05, 0.1) is 10.8 Å². The van der Waals surface area contributed by atoms with Crippen LogP contribution in [0, 0.1) is 12.7 Å². The second kappa shape index (κ2) is 7.61. The molecule has 0 saturated heterocycles. The predicted octanol–water partition coefficient (Wildman–Crippen LogP) is 3.16. The van der Waals surface area contributed by atoms with Crippen LogP contribution in [0.5, 0.6) is 0 Å². The third kappa shape index (κ3) is 4.56. The first kappa shape index (κ1) is 17.5. The van der Waals surface area contributed by atoms with Gasteiger partial charge in [-0.25, -0.2) is 9.37 Å². The Labute approximate surface area is 141 Å². The minimum Gasteiger partial charge on any atom is -0.325 e. The zero-order valence-electron chi connectivity index (χ0n) is 12.6. The first-order chi connectivity index (χ1) is 10.9. The number of hydrogen-bond donors (Lipinski definition) is 2. The summed E-state index contributed by atoms with van der Waals surface area (Å²) in [5.74, 6) is -0.798. The van der Waals surface area contributed by atoms with E-state index in [-0.39, 0.29) is 22.2 Å². The fraction of sp³-hybridized carbons (Fsp3) is 0.267. The van der Waals surface area contributed by atoms with Crippen molar-refractivity contribution in [1.82, 2.24) is 9.97 Å². The van der Waals surface area contributed by atoms with E-state index < -0.39 is 5.82 Å². The Bertz CT molecular complexity index is 795. The number of aromatic nitrogens is 2. The minimum atomic E-state index is -0.549. The van der Waals surface area contributed by atoms with Gasteiger partial charge in [0.15, 0.2) is 5.16 Å². The number of aryl methyl sites for hydroxylation is 1. The molecule has 0 radical (unpaired) electrons. The third-order valence-electron chi connectivity index (χ3n) is 3.10. The molecule has 0 spiro atoms. The summed E-state index contributed by atoms with van der Waals surface area (Å²) in [4.78, 5) is 30.6. The minimum absolute atomic E-state index is 0.0584. The van der Waals surface area contributed by atoms with Gasteiger partial charge in [0.2, 0.25) is 5.91 Å². The number of carbonyl (C=O) groups excluding carboxylic acids is 1. The van der Waals surface area contributed by atoms with Gasteiger partial charge in [-0.3, -0.25) is 9.59 Å². The maximum Gasteiger partial charge on any atom is 0.254 e. The van der Waals surface area contributed by atoms with Crippen LogP contribution in [0.25, 0.3) is 0 Å². The molecule has 0 unspecified atom stereocenters. The van der Waals surface area contributed by atoms with Crippen LogP contribution in [0.3, 0.4) is 0 Å². The summed E-state index contributed by atoms with van der Waals surface area (Å²) in [7, 11) is 0. The molecular weight excluding hydrogens is 341 g/mol. The molecule has 1 aromatic heterocycles. The molecule has 0 aliphatic carbocycles. The van der Waals surface area contributed by atoms with E-state index in [9.17, 15) is 14.0 Å². The Balaban J connectivity index is 1.99. The molecule has 2 rings (SSSR count). The highest BCUT2D eigenvalue weighted by molar-refractivity contribution is 7.99. The van der Waals surface area contributed by atoms with Crippen LogP contribution >= 0.6 is 23.4 Å². The highest BCUT2D eigenvalue weighted by Gasteiger charge is 2.10. The summed E-state index contributed by atoms with van der Waals surface area (Å²) >= 11 is 6.77. The van der Waals surface area contributed by atoms with E-state index in [1.165, 1.54) is 18.2 Å².